The molecule has 4 radical (unpaired) electrons. The fraction of sp³-hybridized carbons (Fsp3) is 1.00. The smallest absolute Gasteiger partial charge is 0 e. The fourth-order valence-electron chi connectivity index (χ4n) is 0. The van der Waals surface area contributed by atoms with Gasteiger partial charge in [-0.15, -0.1) is 0 Å². The summed E-state index contributed by atoms with van der Waals surface area (Å²) in [6.45, 7) is 0. The van der Waals surface area contributed by atoms with Gasteiger partial charge in [0.05, 0.1) is 0 Å². The topological polar surface area (TPSA) is 12.0 Å². The van der Waals surface area contributed by atoms with Crippen LogP contribution < -0.4 is 3.13 Å². The molecule has 4 heavy (non-hydrogen) atoms. The van der Waals surface area contributed by atoms with Crippen LogP contribution in [-0.2, 0) is 0 Å². The first-order valence-corrected chi connectivity index (χ1v) is 2.69. The normalized spacial score (nSPS) is 4.50. The van der Waals surface area contributed by atoms with E-state index in [1.165, 1.54) is 0 Å². The summed E-state index contributed by atoms with van der Waals surface area (Å²) < 4.78 is 2.89. The van der Waals surface area contributed by atoms with E-state index in [-0.39, 0.29) is 24.0 Å². The molecule has 0 saturated heterocycles. The predicted molar refractivity (Wildman–Crippen MR) is 28.8 cm³/mol. The van der Waals surface area contributed by atoms with Crippen LogP contribution in [-0.4, -0.2) is 33.1 Å². The van der Waals surface area contributed by atoms with Gasteiger partial charge in [-0.05, 0) is 0 Å². The largest absolute Gasteiger partial charge is 0 e. The van der Waals surface area contributed by atoms with Crippen molar-refractivity contribution in [2.45, 2.75) is 0 Å². The second-order valence-corrected chi connectivity index (χ2v) is 2.19. The summed E-state index contributed by atoms with van der Waals surface area (Å²) in [6.07, 6.45) is 0. The Labute approximate surface area is 59.7 Å². The molecule has 0 aliphatic heterocycles. The maximum Gasteiger partial charge on any atom is 0 e. The van der Waals surface area contributed by atoms with Crippen LogP contribution in [0.3, 0.4) is 0 Å². The van der Waals surface area contributed by atoms with Crippen LogP contribution in [0, 0.1) is 0 Å². The summed E-state index contributed by atoms with van der Waals surface area (Å²) in [7, 11) is 1.94. The van der Waals surface area contributed by atoms with E-state index in [1.54, 1.807) is 0 Å². The van der Waals surface area contributed by atoms with Gasteiger partial charge in [-0.1, -0.05) is 0 Å². The molecule has 0 saturated carbocycles. The molecule has 0 heterocycles. The third-order valence-corrected chi connectivity index (χ3v) is 0. The first-order valence-electron chi connectivity index (χ1n) is 0.750. The SMILES string of the molecule is C[NH][Pb].[I]. The van der Waals surface area contributed by atoms with E-state index in [9.17, 15) is 0 Å². The van der Waals surface area contributed by atoms with Crippen molar-refractivity contribution in [1.82, 2.24) is 3.13 Å². The van der Waals surface area contributed by atoms with Crippen LogP contribution in [0.4, 0.5) is 0 Å². The second-order valence-electron chi connectivity index (χ2n) is 0.250. The van der Waals surface area contributed by atoms with Crippen molar-refractivity contribution in [2.75, 3.05) is 7.05 Å². The average Bonchev–Trinajstić information content (AvgIpc) is 0.918. The summed E-state index contributed by atoms with van der Waals surface area (Å²) in [6, 6.07) is 0. The van der Waals surface area contributed by atoms with Crippen LogP contribution in [0.1, 0.15) is 0 Å². The minimum Gasteiger partial charge on any atom is 0 e. The fourth-order valence-corrected chi connectivity index (χ4v) is 0. The molecule has 0 aromatic rings. The van der Waals surface area contributed by atoms with Gasteiger partial charge in [0, 0.05) is 24.0 Å². The van der Waals surface area contributed by atoms with E-state index in [0.29, 0.717) is 0 Å². The molecule has 0 atom stereocenters. The second kappa shape index (κ2) is 8.82. The van der Waals surface area contributed by atoms with Crippen molar-refractivity contribution in [3.8, 4) is 0 Å². The van der Waals surface area contributed by atoms with Gasteiger partial charge in [0.1, 0.15) is 0 Å². The number of halogens is 1. The van der Waals surface area contributed by atoms with Crippen LogP contribution >= 0.6 is 24.0 Å². The molecule has 0 aliphatic carbocycles. The number of rotatable bonds is 0. The first-order chi connectivity index (χ1) is 1.41. The molecule has 0 amide bonds. The molecule has 24 valence electrons. The first kappa shape index (κ1) is 9.15. The van der Waals surface area contributed by atoms with Crippen molar-refractivity contribution in [1.29, 1.82) is 0 Å². The van der Waals surface area contributed by atoms with Gasteiger partial charge in [0.2, 0.25) is 0 Å². The number of hydrogen-bond acceptors (Lipinski definition) is 1. The van der Waals surface area contributed by atoms with Crippen LogP contribution in [0.5, 0.6) is 0 Å². The zero-order valence-corrected chi connectivity index (χ0v) is 8.42. The Balaban J connectivity index is 0. The number of hydrogen-bond donors (Lipinski definition) is 1. The van der Waals surface area contributed by atoms with Crippen molar-refractivity contribution < 1.29 is 0 Å². The molecule has 3 heteroatoms. The molecule has 1 nitrogen and oxygen atoms in total. The summed E-state index contributed by atoms with van der Waals surface area (Å²) >= 11 is 1.12. The van der Waals surface area contributed by atoms with E-state index >= 15 is 0 Å². The van der Waals surface area contributed by atoms with E-state index in [0.717, 1.165) is 26.1 Å². The summed E-state index contributed by atoms with van der Waals surface area (Å²) in [4.78, 5) is 0. The van der Waals surface area contributed by atoms with Crippen molar-refractivity contribution in [3.05, 3.63) is 0 Å². The van der Waals surface area contributed by atoms with Gasteiger partial charge in [-0.25, -0.2) is 0 Å². The molecule has 1 N–H and O–H groups in total. The molecular formula is CH4INPb. The van der Waals surface area contributed by atoms with Crippen LogP contribution in [0.2, 0.25) is 0 Å². The van der Waals surface area contributed by atoms with Gasteiger partial charge in [0.15, 0.2) is 0 Å². The van der Waals surface area contributed by atoms with Gasteiger partial charge < -0.3 is 0 Å². The van der Waals surface area contributed by atoms with Gasteiger partial charge in [-0.3, -0.25) is 0 Å². The minimum atomic E-state index is 0. The van der Waals surface area contributed by atoms with E-state index in [4.69, 9.17) is 0 Å². The molecular weight excluding hydrogens is 360 g/mol. The Morgan fingerprint density at radius 2 is 1.75 bits per heavy atom. The molecule has 0 bridgehead atoms. The van der Waals surface area contributed by atoms with Crippen molar-refractivity contribution in [2.24, 2.45) is 0 Å². The van der Waals surface area contributed by atoms with Crippen LogP contribution in [0.25, 0.3) is 0 Å². The molecule has 0 rings (SSSR count). The summed E-state index contributed by atoms with van der Waals surface area (Å²) in [5.74, 6) is 0. The Hall–Kier alpha value is 1.61. The van der Waals surface area contributed by atoms with E-state index < -0.39 is 0 Å². The third kappa shape index (κ3) is 9.48. The van der Waals surface area contributed by atoms with Gasteiger partial charge in [0.25, 0.3) is 0 Å². The zero-order valence-electron chi connectivity index (χ0n) is 2.38. The zero-order chi connectivity index (χ0) is 2.71. The van der Waals surface area contributed by atoms with E-state index in [1.807, 2.05) is 7.05 Å². The Morgan fingerprint density at radius 1 is 1.75 bits per heavy atom. The maximum absolute atomic E-state index is 2.89. The molecule has 0 aliphatic rings. The minimum absolute atomic E-state index is 0. The summed E-state index contributed by atoms with van der Waals surface area (Å²) in [5.41, 5.74) is 0. The average molecular weight is 364 g/mol. The van der Waals surface area contributed by atoms with Crippen molar-refractivity contribution >= 4 is 50.0 Å². The Morgan fingerprint density at radius 3 is 1.75 bits per heavy atom. The molecule has 0 fully saturated rings. The Kier molecular flexibility index (Phi) is 20.2. The van der Waals surface area contributed by atoms with Crippen molar-refractivity contribution in [3.63, 3.8) is 0 Å². The standard InChI is InChI=1S/CH4N.I.Pb/c1-2;;/h2H,1H3;;/q-1;;+1. The number of nitrogens with one attached hydrogen (secondary N) is 1. The van der Waals surface area contributed by atoms with E-state index in [2.05, 4.69) is 3.13 Å². The van der Waals surface area contributed by atoms with Gasteiger partial charge in [-0.2, -0.15) is 0 Å². The third-order valence-electron chi connectivity index (χ3n) is 0. The molecule has 0 spiro atoms. The van der Waals surface area contributed by atoms with Crippen LogP contribution in [0.15, 0.2) is 0 Å². The van der Waals surface area contributed by atoms with Gasteiger partial charge >= 0.3 is 36.2 Å². The quantitative estimate of drug-likeness (QED) is 0.478. The predicted octanol–water partition coefficient (Wildman–Crippen LogP) is 0.175. The molecule has 0 unspecified atom stereocenters. The Bertz CT molecular complexity index is 8.00. The summed E-state index contributed by atoms with van der Waals surface area (Å²) in [5, 5.41) is 0. The monoisotopic (exact) mass is 365 g/mol. The molecule has 0 aromatic carbocycles. The maximum atomic E-state index is 2.89. The molecule has 0 aromatic heterocycles.